The minimum atomic E-state index is -0.290. The van der Waals surface area contributed by atoms with Gasteiger partial charge in [0.15, 0.2) is 5.82 Å². The van der Waals surface area contributed by atoms with Crippen LogP contribution in [0.1, 0.15) is 18.8 Å². The summed E-state index contributed by atoms with van der Waals surface area (Å²) in [6.45, 7) is 2.07. The van der Waals surface area contributed by atoms with E-state index in [0.717, 1.165) is 5.56 Å². The fraction of sp³-hybridized carbons (Fsp3) is 0.308. The van der Waals surface area contributed by atoms with E-state index in [2.05, 4.69) is 20.8 Å². The highest BCUT2D eigenvalue weighted by atomic mass is 16.5. The van der Waals surface area contributed by atoms with Gasteiger partial charge < -0.3 is 15.2 Å². The molecule has 0 aliphatic carbocycles. The van der Waals surface area contributed by atoms with Crippen LogP contribution in [0.4, 0.5) is 0 Å². The normalized spacial score (nSPS) is 12.1. The molecule has 0 bridgehead atoms. The summed E-state index contributed by atoms with van der Waals surface area (Å²) in [5, 5.41) is 9.44. The maximum atomic E-state index is 11.4. The Hall–Kier alpha value is -2.21. The van der Waals surface area contributed by atoms with Gasteiger partial charge in [0.25, 0.3) is 5.89 Å². The van der Waals surface area contributed by atoms with Gasteiger partial charge in [0.05, 0.1) is 12.6 Å². The second-order valence-electron chi connectivity index (χ2n) is 4.14. The Labute approximate surface area is 111 Å². The predicted octanol–water partition coefficient (Wildman–Crippen LogP) is 1.13. The van der Waals surface area contributed by atoms with Crippen LogP contribution in [-0.2, 0) is 4.79 Å². The molecule has 6 heteroatoms. The van der Waals surface area contributed by atoms with Gasteiger partial charge in [-0.3, -0.25) is 4.79 Å². The Kier molecular flexibility index (Phi) is 4.25. The number of nitrogens with one attached hydrogen (secondary N) is 2. The third-order valence-electron chi connectivity index (χ3n) is 2.56. The number of rotatable bonds is 5. The summed E-state index contributed by atoms with van der Waals surface area (Å²) in [5.41, 5.74) is 0.856. The number of hydrogen-bond donors (Lipinski definition) is 2. The quantitative estimate of drug-likeness (QED) is 0.842. The number of aromatic nitrogens is 2. The first-order chi connectivity index (χ1) is 9.20. The molecule has 0 spiro atoms. The van der Waals surface area contributed by atoms with Crippen LogP contribution in [0.25, 0.3) is 11.5 Å². The summed E-state index contributed by atoms with van der Waals surface area (Å²) >= 11 is 0. The fourth-order valence-corrected chi connectivity index (χ4v) is 1.63. The molecule has 0 saturated carbocycles. The summed E-state index contributed by atoms with van der Waals surface area (Å²) in [5.74, 6) is 0.801. The number of nitrogens with zero attached hydrogens (tertiary/aromatic N) is 2. The molecule has 1 amide bonds. The van der Waals surface area contributed by atoms with Crippen molar-refractivity contribution in [3.05, 3.63) is 36.2 Å². The molecule has 0 radical (unpaired) electrons. The maximum absolute atomic E-state index is 11.4. The molecule has 2 N–H and O–H groups in total. The van der Waals surface area contributed by atoms with E-state index in [1.54, 1.807) is 7.05 Å². The highest BCUT2D eigenvalue weighted by molar-refractivity contribution is 5.78. The van der Waals surface area contributed by atoms with Crippen LogP contribution in [-0.4, -0.2) is 29.6 Å². The van der Waals surface area contributed by atoms with Crippen molar-refractivity contribution in [2.24, 2.45) is 0 Å². The van der Waals surface area contributed by atoms with E-state index in [9.17, 15) is 4.79 Å². The summed E-state index contributed by atoms with van der Waals surface area (Å²) < 4.78 is 5.19. The molecule has 0 saturated heterocycles. The topological polar surface area (TPSA) is 80.0 Å². The molecular weight excluding hydrogens is 244 g/mol. The average Bonchev–Trinajstić information content (AvgIpc) is 2.89. The fourth-order valence-electron chi connectivity index (χ4n) is 1.63. The van der Waals surface area contributed by atoms with E-state index in [-0.39, 0.29) is 18.5 Å². The average molecular weight is 260 g/mol. The van der Waals surface area contributed by atoms with Gasteiger partial charge in [0, 0.05) is 5.56 Å². The number of hydrogen-bond acceptors (Lipinski definition) is 5. The van der Waals surface area contributed by atoms with Gasteiger partial charge in [-0.2, -0.15) is 4.98 Å². The molecule has 1 unspecified atom stereocenters. The highest BCUT2D eigenvalue weighted by Crippen LogP contribution is 2.18. The molecule has 1 aromatic carbocycles. The summed E-state index contributed by atoms with van der Waals surface area (Å²) in [7, 11) is 1.71. The van der Waals surface area contributed by atoms with Gasteiger partial charge in [-0.1, -0.05) is 23.4 Å². The maximum Gasteiger partial charge on any atom is 0.257 e. The van der Waals surface area contributed by atoms with Gasteiger partial charge in [-0.05, 0) is 26.1 Å². The van der Waals surface area contributed by atoms with Crippen LogP contribution >= 0.6 is 0 Å². The number of amides is 1. The predicted molar refractivity (Wildman–Crippen MR) is 70.2 cm³/mol. The minimum Gasteiger partial charge on any atom is -0.345 e. The van der Waals surface area contributed by atoms with Crippen molar-refractivity contribution >= 4 is 5.91 Å². The second kappa shape index (κ2) is 6.10. The van der Waals surface area contributed by atoms with E-state index in [4.69, 9.17) is 4.52 Å². The van der Waals surface area contributed by atoms with Crippen LogP contribution in [0, 0.1) is 0 Å². The van der Waals surface area contributed by atoms with Crippen molar-refractivity contribution in [2.45, 2.75) is 13.0 Å². The standard InChI is InChI=1S/C13H16N4O2/c1-9(15-11(18)8-14-2)12-16-13(19-17-12)10-6-4-3-5-7-10/h3-7,9,14H,8H2,1-2H3,(H,15,18). The Bertz CT molecular complexity index is 539. The van der Waals surface area contributed by atoms with Gasteiger partial charge in [0.1, 0.15) is 0 Å². The van der Waals surface area contributed by atoms with E-state index < -0.39 is 0 Å². The first kappa shape index (κ1) is 13.2. The molecule has 1 aromatic heterocycles. The summed E-state index contributed by atoms with van der Waals surface area (Å²) in [4.78, 5) is 15.7. The SMILES string of the molecule is CNCC(=O)NC(C)c1noc(-c2ccccc2)n1. The van der Waals surface area contributed by atoms with Crippen LogP contribution in [0.3, 0.4) is 0 Å². The number of carbonyl (C=O) groups is 1. The minimum absolute atomic E-state index is 0.110. The lowest BCUT2D eigenvalue weighted by atomic mass is 10.2. The van der Waals surface area contributed by atoms with E-state index in [1.807, 2.05) is 37.3 Å². The van der Waals surface area contributed by atoms with E-state index in [0.29, 0.717) is 11.7 Å². The lowest BCUT2D eigenvalue weighted by molar-refractivity contribution is -0.120. The number of carbonyl (C=O) groups excluding carboxylic acids is 1. The zero-order valence-corrected chi connectivity index (χ0v) is 10.9. The van der Waals surface area contributed by atoms with Crippen molar-refractivity contribution in [2.75, 3.05) is 13.6 Å². The van der Waals surface area contributed by atoms with Crippen molar-refractivity contribution in [3.8, 4) is 11.5 Å². The monoisotopic (exact) mass is 260 g/mol. The Morgan fingerprint density at radius 3 is 2.79 bits per heavy atom. The van der Waals surface area contributed by atoms with Crippen molar-refractivity contribution in [1.82, 2.24) is 20.8 Å². The van der Waals surface area contributed by atoms with Gasteiger partial charge in [-0.15, -0.1) is 0 Å². The molecule has 2 aromatic rings. The Morgan fingerprint density at radius 2 is 2.11 bits per heavy atom. The van der Waals surface area contributed by atoms with Crippen LogP contribution < -0.4 is 10.6 Å². The number of benzene rings is 1. The van der Waals surface area contributed by atoms with Crippen LogP contribution in [0.2, 0.25) is 0 Å². The molecule has 0 aliphatic heterocycles. The first-order valence-corrected chi connectivity index (χ1v) is 6.03. The van der Waals surface area contributed by atoms with Crippen LogP contribution in [0.5, 0.6) is 0 Å². The molecular formula is C13H16N4O2. The third-order valence-corrected chi connectivity index (χ3v) is 2.56. The molecule has 6 nitrogen and oxygen atoms in total. The van der Waals surface area contributed by atoms with Crippen LogP contribution in [0.15, 0.2) is 34.9 Å². The van der Waals surface area contributed by atoms with Gasteiger partial charge >= 0.3 is 0 Å². The molecule has 0 fully saturated rings. The summed E-state index contributed by atoms with van der Waals surface area (Å²) in [6.07, 6.45) is 0. The highest BCUT2D eigenvalue weighted by Gasteiger charge is 2.16. The Morgan fingerprint density at radius 1 is 1.37 bits per heavy atom. The van der Waals surface area contributed by atoms with E-state index in [1.165, 1.54) is 0 Å². The second-order valence-corrected chi connectivity index (χ2v) is 4.14. The zero-order valence-electron chi connectivity index (χ0n) is 10.9. The molecule has 100 valence electrons. The number of likely N-dealkylation sites (N-methyl/N-ethyl adjacent to an activating group) is 1. The van der Waals surface area contributed by atoms with Crippen molar-refractivity contribution in [3.63, 3.8) is 0 Å². The zero-order chi connectivity index (χ0) is 13.7. The summed E-state index contributed by atoms with van der Waals surface area (Å²) in [6, 6.07) is 9.21. The largest absolute Gasteiger partial charge is 0.345 e. The molecule has 1 atom stereocenters. The van der Waals surface area contributed by atoms with Gasteiger partial charge in [-0.25, -0.2) is 0 Å². The lowest BCUT2D eigenvalue weighted by Gasteiger charge is -2.08. The molecule has 2 rings (SSSR count). The molecule has 19 heavy (non-hydrogen) atoms. The Balaban J connectivity index is 2.07. The third kappa shape index (κ3) is 3.38. The lowest BCUT2D eigenvalue weighted by Crippen LogP contribution is -2.34. The first-order valence-electron chi connectivity index (χ1n) is 6.03. The van der Waals surface area contributed by atoms with Gasteiger partial charge in [0.2, 0.25) is 5.91 Å². The van der Waals surface area contributed by atoms with Crippen molar-refractivity contribution < 1.29 is 9.32 Å². The molecule has 1 heterocycles. The smallest absolute Gasteiger partial charge is 0.257 e. The van der Waals surface area contributed by atoms with Crippen molar-refractivity contribution in [1.29, 1.82) is 0 Å². The molecule has 0 aliphatic rings. The van der Waals surface area contributed by atoms with E-state index >= 15 is 0 Å².